The Morgan fingerprint density at radius 2 is 0.857 bits per heavy atom. The first-order valence-corrected chi connectivity index (χ1v) is 21.9. The van der Waals surface area contributed by atoms with E-state index in [0.29, 0.717) is 0 Å². The first kappa shape index (κ1) is 35.7. The van der Waals surface area contributed by atoms with Gasteiger partial charge in [0.2, 0.25) is 0 Å². The van der Waals surface area contributed by atoms with Crippen molar-refractivity contribution in [2.24, 2.45) is 11.8 Å². The highest BCUT2D eigenvalue weighted by atomic mass is 15.4. The Bertz CT molecular complexity index is 1220. The predicted octanol–water partition coefficient (Wildman–Crippen LogP) is 12.1. The number of benzene rings is 2. The van der Waals surface area contributed by atoms with Crippen LogP contribution in [0, 0.1) is 25.7 Å². The minimum absolute atomic E-state index is 0.216. The highest BCUT2D eigenvalue weighted by Crippen LogP contribution is 2.54. The summed E-state index contributed by atoms with van der Waals surface area (Å²) in [7, 11) is 0. The van der Waals surface area contributed by atoms with Crippen molar-refractivity contribution >= 4 is 0 Å². The molecule has 5 aliphatic rings. The summed E-state index contributed by atoms with van der Waals surface area (Å²) in [5.74, 6) is 2.03. The third kappa shape index (κ3) is 8.38. The molecule has 4 fully saturated rings. The molecule has 2 spiro atoms. The van der Waals surface area contributed by atoms with Crippen molar-refractivity contribution in [1.82, 2.24) is 0 Å². The van der Waals surface area contributed by atoms with Gasteiger partial charge >= 0.3 is 0 Å². The molecule has 0 aromatic heterocycles. The van der Waals surface area contributed by atoms with E-state index in [4.69, 9.17) is 0 Å². The lowest BCUT2D eigenvalue weighted by Gasteiger charge is -2.46. The molecule has 4 heterocycles. The van der Waals surface area contributed by atoms with Gasteiger partial charge in [0.25, 0.3) is 0 Å². The molecule has 2 aromatic rings. The van der Waals surface area contributed by atoms with Crippen molar-refractivity contribution in [1.29, 1.82) is 0 Å². The quantitative estimate of drug-likeness (QED) is 0.139. The molecule has 49 heavy (non-hydrogen) atoms. The van der Waals surface area contributed by atoms with E-state index >= 15 is 0 Å². The number of aryl methyl sites for hydroxylation is 2. The van der Waals surface area contributed by atoms with E-state index in [1.165, 1.54) is 214 Å². The van der Waals surface area contributed by atoms with E-state index in [9.17, 15) is 0 Å². The molecule has 2 heteroatoms. The summed E-state index contributed by atoms with van der Waals surface area (Å²) in [6.45, 7) is 16.5. The van der Waals surface area contributed by atoms with Crippen LogP contribution in [0.1, 0.15) is 164 Å². The fourth-order valence-corrected chi connectivity index (χ4v) is 12.0. The Kier molecular flexibility index (Phi) is 11.9. The van der Waals surface area contributed by atoms with Gasteiger partial charge in [-0.1, -0.05) is 112 Å². The minimum atomic E-state index is 0.216. The number of piperidine rings is 4. The smallest absolute Gasteiger partial charge is 0.0789 e. The number of nitrogens with zero attached hydrogens (tertiary/aromatic N) is 2. The molecule has 270 valence electrons. The van der Waals surface area contributed by atoms with Crippen LogP contribution >= 0.6 is 0 Å². The molecule has 4 aliphatic heterocycles. The van der Waals surface area contributed by atoms with Crippen LogP contribution in [0.5, 0.6) is 0 Å². The van der Waals surface area contributed by atoms with Crippen LogP contribution in [-0.2, 0) is 5.41 Å². The zero-order valence-corrected chi connectivity index (χ0v) is 32.2. The molecule has 0 bridgehead atoms. The number of hydrogen-bond donors (Lipinski definition) is 0. The maximum absolute atomic E-state index is 2.59. The third-order valence-electron chi connectivity index (χ3n) is 15.2. The molecular formula is C47H74N2+2. The Balaban J connectivity index is 0.906. The summed E-state index contributed by atoms with van der Waals surface area (Å²) in [6.07, 6.45) is 32.0. The summed E-state index contributed by atoms with van der Waals surface area (Å²) in [5.41, 5.74) is 9.51. The largest absolute Gasteiger partial charge is 0.324 e. The topological polar surface area (TPSA) is 0 Å². The molecular weight excluding hydrogens is 593 g/mol. The third-order valence-corrected chi connectivity index (χ3v) is 15.2. The predicted molar refractivity (Wildman–Crippen MR) is 210 cm³/mol. The first-order chi connectivity index (χ1) is 24.0. The van der Waals surface area contributed by atoms with E-state index in [2.05, 4.69) is 50.2 Å². The van der Waals surface area contributed by atoms with Crippen LogP contribution in [-0.4, -0.2) is 61.3 Å². The summed E-state index contributed by atoms with van der Waals surface area (Å²) >= 11 is 0. The van der Waals surface area contributed by atoms with E-state index in [1.807, 2.05) is 0 Å². The van der Waals surface area contributed by atoms with Gasteiger partial charge in [-0.3, -0.25) is 0 Å². The molecule has 0 N–H and O–H groups in total. The van der Waals surface area contributed by atoms with Gasteiger partial charge in [-0.15, -0.1) is 0 Å². The van der Waals surface area contributed by atoms with E-state index in [-0.39, 0.29) is 5.41 Å². The summed E-state index contributed by atoms with van der Waals surface area (Å²) in [6, 6.07) is 14.8. The minimum Gasteiger partial charge on any atom is -0.324 e. The normalized spacial score (nSPS) is 24.2. The Morgan fingerprint density at radius 3 is 1.27 bits per heavy atom. The highest BCUT2D eigenvalue weighted by molar-refractivity contribution is 5.81. The molecule has 0 atom stereocenters. The number of quaternary nitrogens is 2. The van der Waals surface area contributed by atoms with Crippen molar-refractivity contribution < 1.29 is 8.97 Å². The number of unbranched alkanes of at least 4 members (excludes halogenated alkanes) is 6. The maximum Gasteiger partial charge on any atom is 0.0789 e. The van der Waals surface area contributed by atoms with Crippen molar-refractivity contribution in [2.45, 2.75) is 161 Å². The van der Waals surface area contributed by atoms with Crippen molar-refractivity contribution in [3.05, 3.63) is 58.7 Å². The van der Waals surface area contributed by atoms with Gasteiger partial charge in [-0.05, 0) is 125 Å². The van der Waals surface area contributed by atoms with E-state index in [0.717, 1.165) is 11.8 Å². The van der Waals surface area contributed by atoms with E-state index < -0.39 is 0 Å². The van der Waals surface area contributed by atoms with Crippen LogP contribution in [0.2, 0.25) is 0 Å². The lowest BCUT2D eigenvalue weighted by Crippen LogP contribution is -2.55. The van der Waals surface area contributed by atoms with Crippen molar-refractivity contribution in [3.8, 4) is 11.1 Å². The molecule has 1 aliphatic carbocycles. The lowest BCUT2D eigenvalue weighted by atomic mass is 9.70. The SMILES string of the molecule is Cc1ccc2c(c1)C(CCCCCCC1CC[N+]3(CCCCC3)CC1)(CCCCCCC1CC[N+]3(CCCCC3)CC1)c1cc(C)ccc1-2. The van der Waals surface area contributed by atoms with Gasteiger partial charge in [-0.25, -0.2) is 0 Å². The van der Waals surface area contributed by atoms with Gasteiger partial charge in [-0.2, -0.15) is 0 Å². The molecule has 2 aromatic carbocycles. The molecule has 2 nitrogen and oxygen atoms in total. The Hall–Kier alpha value is -1.64. The molecule has 0 radical (unpaired) electrons. The Labute approximate surface area is 302 Å². The molecule has 0 unspecified atom stereocenters. The van der Waals surface area contributed by atoms with Crippen LogP contribution in [0.25, 0.3) is 11.1 Å². The summed E-state index contributed by atoms with van der Waals surface area (Å²) < 4.78 is 2.97. The second-order valence-electron chi connectivity index (χ2n) is 18.6. The monoisotopic (exact) mass is 667 g/mol. The zero-order chi connectivity index (χ0) is 33.6. The summed E-state index contributed by atoms with van der Waals surface area (Å²) in [4.78, 5) is 0. The number of rotatable bonds is 14. The lowest BCUT2D eigenvalue weighted by molar-refractivity contribution is -0.937. The molecule has 0 amide bonds. The van der Waals surface area contributed by atoms with Gasteiger partial charge in [0, 0.05) is 5.41 Å². The molecule has 4 saturated heterocycles. The van der Waals surface area contributed by atoms with Gasteiger partial charge in [0.15, 0.2) is 0 Å². The van der Waals surface area contributed by atoms with Gasteiger partial charge < -0.3 is 8.97 Å². The average molecular weight is 667 g/mol. The fourth-order valence-electron chi connectivity index (χ4n) is 12.0. The Morgan fingerprint density at radius 1 is 0.469 bits per heavy atom. The number of hydrogen-bond acceptors (Lipinski definition) is 0. The fraction of sp³-hybridized carbons (Fsp3) is 0.745. The second-order valence-corrected chi connectivity index (χ2v) is 18.6. The second kappa shape index (κ2) is 16.4. The van der Waals surface area contributed by atoms with Crippen LogP contribution < -0.4 is 0 Å². The van der Waals surface area contributed by atoms with Crippen molar-refractivity contribution in [2.75, 3.05) is 52.4 Å². The average Bonchev–Trinajstić information content (AvgIpc) is 3.38. The van der Waals surface area contributed by atoms with Gasteiger partial charge in [0.1, 0.15) is 0 Å². The standard InChI is InChI=1S/C47H74N2/c1-39-19-21-43-44-22-20-40(2)38-46(44)47(45(43)37-39,27-11-5-3-9-17-41-23-33-48(34-24-41)29-13-7-14-30-48)28-12-6-4-10-18-42-25-35-49(36-26-42)31-15-8-16-32-49/h19-22,37-38,41-42H,3-18,23-36H2,1-2H3/q+2. The zero-order valence-electron chi connectivity index (χ0n) is 32.2. The molecule has 7 rings (SSSR count). The van der Waals surface area contributed by atoms with Crippen molar-refractivity contribution in [3.63, 3.8) is 0 Å². The first-order valence-electron chi connectivity index (χ1n) is 21.9. The van der Waals surface area contributed by atoms with E-state index in [1.54, 1.807) is 22.3 Å². The maximum atomic E-state index is 2.59. The van der Waals surface area contributed by atoms with Crippen LogP contribution in [0.3, 0.4) is 0 Å². The number of fused-ring (bicyclic) bond motifs is 3. The highest BCUT2D eigenvalue weighted by Gasteiger charge is 2.42. The summed E-state index contributed by atoms with van der Waals surface area (Å²) in [5, 5.41) is 0. The molecule has 0 saturated carbocycles. The van der Waals surface area contributed by atoms with Gasteiger partial charge in [0.05, 0.1) is 52.4 Å². The van der Waals surface area contributed by atoms with Crippen LogP contribution in [0.15, 0.2) is 36.4 Å². The van der Waals surface area contributed by atoms with Crippen LogP contribution in [0.4, 0.5) is 0 Å².